The number of aromatic nitrogens is 1. The van der Waals surface area contributed by atoms with Crippen LogP contribution in [-0.2, 0) is 31.6 Å². The summed E-state index contributed by atoms with van der Waals surface area (Å²) < 4.78 is 43.7. The van der Waals surface area contributed by atoms with Crippen molar-refractivity contribution in [2.24, 2.45) is 0 Å². The predicted octanol–water partition coefficient (Wildman–Crippen LogP) is 6.10. The number of amides is 1. The number of sulfonamides is 1. The summed E-state index contributed by atoms with van der Waals surface area (Å²) in [5.74, 6) is 0.822. The fraction of sp³-hybridized carbons (Fsp3) is 0.457. The van der Waals surface area contributed by atoms with Crippen LogP contribution in [0.15, 0.2) is 48.7 Å². The third-order valence-corrected chi connectivity index (χ3v) is 8.07. The predicted molar refractivity (Wildman–Crippen MR) is 188 cm³/mol. The highest BCUT2D eigenvalue weighted by Gasteiger charge is 2.25. The standard InChI is InChI=1S/C35H47N5O8S/c1-23-10-11-24(32(41)37-28-19-25(34(2,3)4)20-29(31(28)45-8)38-49(9,43)44)18-30(23)46-27-12-13-36-26(21-27)22-39-14-16-40(17-15-39)48-33(42)47-35(5,6)7/h10-13,18-21,38H,14-17,22H2,1-9H3,(H,37,41). The number of carbonyl (C=O) groups is 2. The molecule has 1 aliphatic heterocycles. The van der Waals surface area contributed by atoms with Gasteiger partial charge in [-0.25, -0.2) is 13.2 Å². The van der Waals surface area contributed by atoms with E-state index in [2.05, 4.69) is 19.9 Å². The van der Waals surface area contributed by atoms with Crippen molar-refractivity contribution in [3.05, 3.63) is 71.0 Å². The van der Waals surface area contributed by atoms with Crippen LogP contribution in [0.1, 0.15) is 68.7 Å². The molecule has 2 aromatic carbocycles. The highest BCUT2D eigenvalue weighted by molar-refractivity contribution is 7.92. The molecule has 14 heteroatoms. The quantitative estimate of drug-likeness (QED) is 0.237. The highest BCUT2D eigenvalue weighted by atomic mass is 32.2. The van der Waals surface area contributed by atoms with E-state index in [-0.39, 0.29) is 16.9 Å². The second-order valence-electron chi connectivity index (χ2n) is 14.0. The molecule has 2 N–H and O–H groups in total. The van der Waals surface area contributed by atoms with Crippen molar-refractivity contribution < 1.29 is 37.1 Å². The molecular formula is C35H47N5O8S. The number of aryl methyl sites for hydroxylation is 1. The molecule has 13 nitrogen and oxygen atoms in total. The zero-order chi connectivity index (χ0) is 36.1. The first-order valence-corrected chi connectivity index (χ1v) is 17.8. The molecule has 0 saturated carbocycles. The lowest BCUT2D eigenvalue weighted by molar-refractivity contribution is -0.158. The number of methoxy groups -OCH3 is 1. The number of benzene rings is 2. The van der Waals surface area contributed by atoms with E-state index in [1.165, 1.54) is 7.11 Å². The van der Waals surface area contributed by atoms with Gasteiger partial charge >= 0.3 is 6.16 Å². The Morgan fingerprint density at radius 1 is 0.939 bits per heavy atom. The number of hydroxylamine groups is 2. The second kappa shape index (κ2) is 15.0. The van der Waals surface area contributed by atoms with Crippen LogP contribution in [0.25, 0.3) is 0 Å². The zero-order valence-corrected chi connectivity index (χ0v) is 30.5. The number of nitrogens with zero attached hydrogens (tertiary/aromatic N) is 3. The van der Waals surface area contributed by atoms with E-state index in [0.29, 0.717) is 55.5 Å². The van der Waals surface area contributed by atoms with Crippen molar-refractivity contribution in [3.63, 3.8) is 0 Å². The monoisotopic (exact) mass is 697 g/mol. The number of anilines is 2. The van der Waals surface area contributed by atoms with Gasteiger partial charge in [-0.3, -0.25) is 19.4 Å². The Balaban J connectivity index is 1.45. The summed E-state index contributed by atoms with van der Waals surface area (Å²) in [4.78, 5) is 37.6. The van der Waals surface area contributed by atoms with Crippen molar-refractivity contribution in [1.29, 1.82) is 0 Å². The number of pyridine rings is 1. The van der Waals surface area contributed by atoms with Crippen LogP contribution in [-0.4, -0.2) is 80.6 Å². The van der Waals surface area contributed by atoms with E-state index in [9.17, 15) is 18.0 Å². The van der Waals surface area contributed by atoms with Gasteiger partial charge in [0, 0.05) is 50.6 Å². The zero-order valence-electron chi connectivity index (χ0n) is 29.7. The van der Waals surface area contributed by atoms with Crippen LogP contribution in [0, 0.1) is 6.92 Å². The SMILES string of the molecule is COc1c(NC(=O)c2ccc(C)c(Oc3ccnc(CN4CCN(OC(=O)OC(C)(C)C)CC4)c3)c2)cc(C(C)(C)C)cc1NS(C)(=O)=O. The largest absolute Gasteiger partial charge is 0.528 e. The molecule has 1 fully saturated rings. The Labute approximate surface area is 288 Å². The molecular weight excluding hydrogens is 650 g/mol. The second-order valence-corrected chi connectivity index (χ2v) is 15.8. The molecule has 3 aromatic rings. The minimum absolute atomic E-state index is 0.191. The number of piperazine rings is 1. The van der Waals surface area contributed by atoms with Gasteiger partial charge < -0.3 is 24.4 Å². The van der Waals surface area contributed by atoms with E-state index < -0.39 is 27.7 Å². The lowest BCUT2D eigenvalue weighted by Gasteiger charge is -2.33. The molecule has 4 rings (SSSR count). The number of hydrogen-bond donors (Lipinski definition) is 2. The lowest BCUT2D eigenvalue weighted by atomic mass is 9.86. The number of nitrogens with one attached hydrogen (secondary N) is 2. The van der Waals surface area contributed by atoms with E-state index in [1.807, 2.05) is 33.8 Å². The molecule has 49 heavy (non-hydrogen) atoms. The number of hydrogen-bond acceptors (Lipinski definition) is 11. The van der Waals surface area contributed by atoms with Gasteiger partial charge in [-0.15, -0.1) is 5.06 Å². The number of carbonyl (C=O) groups excluding carboxylic acids is 2. The summed E-state index contributed by atoms with van der Waals surface area (Å²) in [5.41, 5.74) is 2.34. The summed E-state index contributed by atoms with van der Waals surface area (Å²) >= 11 is 0. The summed E-state index contributed by atoms with van der Waals surface area (Å²) in [5, 5.41) is 4.50. The van der Waals surface area contributed by atoms with E-state index in [0.717, 1.165) is 23.1 Å². The molecule has 0 atom stereocenters. The molecule has 1 amide bonds. The Hall–Kier alpha value is -4.40. The maximum atomic E-state index is 13.6. The van der Waals surface area contributed by atoms with Crippen LogP contribution in [0.3, 0.4) is 0 Å². The number of ether oxygens (including phenoxy) is 3. The van der Waals surface area contributed by atoms with Crippen LogP contribution in [0.4, 0.5) is 16.2 Å². The highest BCUT2D eigenvalue weighted by Crippen LogP contribution is 2.39. The summed E-state index contributed by atoms with van der Waals surface area (Å²) in [6.07, 6.45) is 2.02. The summed E-state index contributed by atoms with van der Waals surface area (Å²) in [6, 6.07) is 12.2. The first kappa shape index (κ1) is 37.4. The molecule has 1 aromatic heterocycles. The normalized spacial score (nSPS) is 14.6. The molecule has 266 valence electrons. The first-order valence-electron chi connectivity index (χ1n) is 15.9. The van der Waals surface area contributed by atoms with Gasteiger partial charge in [0.25, 0.3) is 5.91 Å². The first-order chi connectivity index (χ1) is 22.8. The van der Waals surface area contributed by atoms with Gasteiger partial charge in [0.1, 0.15) is 17.1 Å². The van der Waals surface area contributed by atoms with Gasteiger partial charge in [-0.2, -0.15) is 0 Å². The van der Waals surface area contributed by atoms with Gasteiger partial charge in [0.05, 0.1) is 30.4 Å². The van der Waals surface area contributed by atoms with Gasteiger partial charge in [0.2, 0.25) is 10.0 Å². The van der Waals surface area contributed by atoms with E-state index >= 15 is 0 Å². The Morgan fingerprint density at radius 3 is 2.22 bits per heavy atom. The molecule has 1 saturated heterocycles. The van der Waals surface area contributed by atoms with Gasteiger partial charge in [-0.1, -0.05) is 26.8 Å². The minimum atomic E-state index is -3.62. The number of rotatable bonds is 10. The maximum Gasteiger partial charge on any atom is 0.528 e. The summed E-state index contributed by atoms with van der Waals surface area (Å²) in [6.45, 7) is 16.2. The average Bonchev–Trinajstić information content (AvgIpc) is 2.97. The maximum absolute atomic E-state index is 13.6. The molecule has 0 unspecified atom stereocenters. The van der Waals surface area contributed by atoms with Crippen molar-refractivity contribution in [2.45, 2.75) is 66.0 Å². The molecule has 0 bridgehead atoms. The fourth-order valence-electron chi connectivity index (χ4n) is 5.01. The Morgan fingerprint density at radius 2 is 1.61 bits per heavy atom. The van der Waals surface area contributed by atoms with Crippen LogP contribution >= 0.6 is 0 Å². The van der Waals surface area contributed by atoms with E-state index in [1.54, 1.807) is 68.4 Å². The third-order valence-electron chi connectivity index (χ3n) is 7.48. The van der Waals surface area contributed by atoms with Gasteiger partial charge in [-0.05, 0) is 74.6 Å². The van der Waals surface area contributed by atoms with Crippen LogP contribution < -0.4 is 19.5 Å². The van der Waals surface area contributed by atoms with Crippen molar-refractivity contribution >= 4 is 33.5 Å². The van der Waals surface area contributed by atoms with Crippen molar-refractivity contribution in [1.82, 2.24) is 14.9 Å². The minimum Gasteiger partial charge on any atom is -0.492 e. The van der Waals surface area contributed by atoms with E-state index in [4.69, 9.17) is 19.0 Å². The summed E-state index contributed by atoms with van der Waals surface area (Å²) in [7, 11) is -2.21. The molecule has 0 aliphatic carbocycles. The van der Waals surface area contributed by atoms with Gasteiger partial charge in [0.15, 0.2) is 5.75 Å². The Kier molecular flexibility index (Phi) is 11.5. The van der Waals surface area contributed by atoms with Crippen LogP contribution in [0.5, 0.6) is 17.2 Å². The molecule has 2 heterocycles. The molecule has 1 aliphatic rings. The van der Waals surface area contributed by atoms with Crippen LogP contribution in [0.2, 0.25) is 0 Å². The average molecular weight is 698 g/mol. The lowest BCUT2D eigenvalue weighted by Crippen LogP contribution is -2.47. The topological polar surface area (TPSA) is 149 Å². The fourth-order valence-corrected chi connectivity index (χ4v) is 5.56. The molecule has 0 radical (unpaired) electrons. The third kappa shape index (κ3) is 11.1. The Bertz CT molecular complexity index is 1780. The smallest absolute Gasteiger partial charge is 0.492 e. The van der Waals surface area contributed by atoms with Crippen molar-refractivity contribution in [2.75, 3.05) is 49.6 Å². The molecule has 0 spiro atoms. The van der Waals surface area contributed by atoms with Crippen molar-refractivity contribution in [3.8, 4) is 17.2 Å².